The molecule has 1 heterocycles. The topological polar surface area (TPSA) is 86.7 Å². The number of rotatable bonds is 4. The lowest BCUT2D eigenvalue weighted by Gasteiger charge is -2.44. The molecule has 0 bridgehead atoms. The van der Waals surface area contributed by atoms with Gasteiger partial charge < -0.3 is 19.5 Å². The Morgan fingerprint density at radius 1 is 1.10 bits per heavy atom. The second-order valence-electron chi connectivity index (χ2n) is 7.56. The molecule has 0 N–H and O–H groups in total. The van der Waals surface area contributed by atoms with Crippen molar-refractivity contribution in [1.82, 2.24) is 4.90 Å². The minimum Gasteiger partial charge on any atom is -0.548 e. The van der Waals surface area contributed by atoms with Gasteiger partial charge in [0.1, 0.15) is 5.75 Å². The number of nitrogens with zero attached hydrogens (tertiary/aromatic N) is 1. The van der Waals surface area contributed by atoms with Gasteiger partial charge in [-0.3, -0.25) is 9.59 Å². The van der Waals surface area contributed by atoms with Crippen molar-refractivity contribution in [3.05, 3.63) is 51.3 Å². The summed E-state index contributed by atoms with van der Waals surface area (Å²) in [5.41, 5.74) is 3.20. The Kier molecular flexibility index (Phi) is 5.21. The molecule has 0 unspecified atom stereocenters. The van der Waals surface area contributed by atoms with Crippen LogP contribution in [0.3, 0.4) is 0 Å². The summed E-state index contributed by atoms with van der Waals surface area (Å²) in [6, 6.07) is 5.29. The van der Waals surface area contributed by atoms with Crippen molar-refractivity contribution in [2.75, 3.05) is 13.7 Å². The number of carbonyl (C=O) groups excluding carboxylic acids is 3. The molecule has 4 rings (SSSR count). The predicted octanol–water partition coefficient (Wildman–Crippen LogP) is 2.51. The van der Waals surface area contributed by atoms with Crippen LogP contribution in [0.15, 0.2) is 40.7 Å². The fourth-order valence-electron chi connectivity index (χ4n) is 4.73. The number of hydrogen-bond acceptors (Lipinski definition) is 6. The lowest BCUT2D eigenvalue weighted by atomic mass is 9.71. The molecular formula is C22H21ClNO5-. The van der Waals surface area contributed by atoms with E-state index in [0.717, 1.165) is 5.56 Å². The first-order valence-electron chi connectivity index (χ1n) is 9.75. The minimum atomic E-state index is -1.23. The van der Waals surface area contributed by atoms with E-state index < -0.39 is 11.9 Å². The van der Waals surface area contributed by atoms with E-state index in [0.29, 0.717) is 71.8 Å². The van der Waals surface area contributed by atoms with Gasteiger partial charge in [0.25, 0.3) is 0 Å². The maximum Gasteiger partial charge on any atom is 0.161 e. The molecule has 2 aliphatic carbocycles. The summed E-state index contributed by atoms with van der Waals surface area (Å²) >= 11 is 6.35. The number of carbonyl (C=O) groups is 3. The maximum atomic E-state index is 13.0. The highest BCUT2D eigenvalue weighted by Crippen LogP contribution is 2.49. The number of hydrogen-bond donors (Lipinski definition) is 0. The van der Waals surface area contributed by atoms with E-state index in [-0.39, 0.29) is 18.1 Å². The van der Waals surface area contributed by atoms with Crippen molar-refractivity contribution in [1.29, 1.82) is 0 Å². The van der Waals surface area contributed by atoms with E-state index >= 15 is 0 Å². The van der Waals surface area contributed by atoms with Crippen molar-refractivity contribution in [3.8, 4) is 5.75 Å². The summed E-state index contributed by atoms with van der Waals surface area (Å²) in [6.45, 7) is -0.353. The van der Waals surface area contributed by atoms with Gasteiger partial charge in [0.05, 0.1) is 24.6 Å². The summed E-state index contributed by atoms with van der Waals surface area (Å²) in [5, 5.41) is 11.8. The molecule has 6 nitrogen and oxygen atoms in total. The molecule has 29 heavy (non-hydrogen) atoms. The van der Waals surface area contributed by atoms with E-state index in [9.17, 15) is 19.5 Å². The number of carboxylic acids is 1. The Morgan fingerprint density at radius 2 is 1.69 bits per heavy atom. The highest BCUT2D eigenvalue weighted by Gasteiger charge is 2.43. The molecule has 0 aromatic heterocycles. The molecule has 0 saturated carbocycles. The number of aliphatic carboxylic acids is 1. The van der Waals surface area contributed by atoms with Crippen LogP contribution in [0.4, 0.5) is 0 Å². The summed E-state index contributed by atoms with van der Waals surface area (Å²) in [5.74, 6) is -1.33. The summed E-state index contributed by atoms with van der Waals surface area (Å²) in [4.78, 5) is 39.1. The molecule has 152 valence electrons. The van der Waals surface area contributed by atoms with Crippen molar-refractivity contribution in [2.24, 2.45) is 0 Å². The summed E-state index contributed by atoms with van der Waals surface area (Å²) in [7, 11) is 1.52. The summed E-state index contributed by atoms with van der Waals surface area (Å²) in [6.07, 6.45) is 3.28. The fraction of sp³-hybridized carbons (Fsp3) is 0.409. The first-order chi connectivity index (χ1) is 13.9. The molecule has 7 heteroatoms. The smallest absolute Gasteiger partial charge is 0.161 e. The molecule has 0 atom stereocenters. The third-order valence-corrected chi connectivity index (χ3v) is 6.18. The molecule has 1 aromatic carbocycles. The lowest BCUT2D eigenvalue weighted by Crippen LogP contribution is -2.44. The third kappa shape index (κ3) is 3.35. The van der Waals surface area contributed by atoms with Gasteiger partial charge in [-0.15, -0.1) is 0 Å². The average molecular weight is 415 g/mol. The number of Topliss-reactive ketones (excluding diaryl/α,β-unsaturated/α-hetero) is 2. The molecule has 0 saturated heterocycles. The number of halogens is 1. The molecule has 0 spiro atoms. The normalized spacial score (nSPS) is 20.0. The van der Waals surface area contributed by atoms with Gasteiger partial charge in [0, 0.05) is 41.3 Å². The Balaban J connectivity index is 1.95. The molecule has 3 aliphatic rings. The fourth-order valence-corrected chi connectivity index (χ4v) is 5.00. The minimum absolute atomic E-state index is 0.0449. The second kappa shape index (κ2) is 7.67. The van der Waals surface area contributed by atoms with Gasteiger partial charge >= 0.3 is 0 Å². The monoisotopic (exact) mass is 414 g/mol. The molecule has 1 aliphatic heterocycles. The van der Waals surface area contributed by atoms with Gasteiger partial charge in [-0.1, -0.05) is 17.7 Å². The lowest BCUT2D eigenvalue weighted by molar-refractivity contribution is -0.305. The van der Waals surface area contributed by atoms with Crippen LogP contribution in [0, 0.1) is 0 Å². The van der Waals surface area contributed by atoms with Gasteiger partial charge in [-0.05, 0) is 43.4 Å². The molecular weight excluding hydrogens is 394 g/mol. The van der Waals surface area contributed by atoms with Crippen molar-refractivity contribution in [3.63, 3.8) is 0 Å². The van der Waals surface area contributed by atoms with Gasteiger partial charge in [-0.2, -0.15) is 0 Å². The van der Waals surface area contributed by atoms with Crippen LogP contribution in [0.1, 0.15) is 50.0 Å². The Labute approximate surface area is 173 Å². The average Bonchev–Trinajstić information content (AvgIpc) is 2.68. The number of methoxy groups -OCH3 is 1. The largest absolute Gasteiger partial charge is 0.548 e. The van der Waals surface area contributed by atoms with Crippen LogP contribution in [-0.4, -0.2) is 36.1 Å². The Bertz CT molecular complexity index is 933. The Hall–Kier alpha value is -2.60. The molecule has 0 radical (unpaired) electrons. The first kappa shape index (κ1) is 19.7. The zero-order chi connectivity index (χ0) is 20.7. The maximum absolute atomic E-state index is 13.0. The Morgan fingerprint density at radius 3 is 2.17 bits per heavy atom. The highest BCUT2D eigenvalue weighted by molar-refractivity contribution is 6.32. The number of ether oxygens (including phenoxy) is 1. The van der Waals surface area contributed by atoms with Crippen LogP contribution < -0.4 is 9.84 Å². The van der Waals surface area contributed by atoms with E-state index in [2.05, 4.69) is 0 Å². The standard InChI is InChI=1S/C22H22ClNO5/c1-29-18-9-8-12(10-13(18)23)20-21-14(4-2-6-16(21)25)24(11-19(27)28)15-5-3-7-17(26)22(15)20/h8-10,20H,2-7,11H2,1H3,(H,27,28)/p-1. The van der Waals surface area contributed by atoms with E-state index in [4.69, 9.17) is 16.3 Å². The van der Waals surface area contributed by atoms with Crippen LogP contribution in [0.5, 0.6) is 5.75 Å². The van der Waals surface area contributed by atoms with Gasteiger partial charge in [0.2, 0.25) is 0 Å². The zero-order valence-electron chi connectivity index (χ0n) is 16.1. The molecule has 0 amide bonds. The van der Waals surface area contributed by atoms with Crippen LogP contribution >= 0.6 is 11.6 Å². The quantitative estimate of drug-likeness (QED) is 0.752. The van der Waals surface area contributed by atoms with Crippen LogP contribution in [0.2, 0.25) is 5.02 Å². The van der Waals surface area contributed by atoms with E-state index in [1.54, 1.807) is 17.0 Å². The van der Waals surface area contributed by atoms with Crippen molar-refractivity contribution < 1.29 is 24.2 Å². The highest BCUT2D eigenvalue weighted by atomic mass is 35.5. The van der Waals surface area contributed by atoms with Crippen molar-refractivity contribution >= 4 is 29.1 Å². The predicted molar refractivity (Wildman–Crippen MR) is 104 cm³/mol. The van der Waals surface area contributed by atoms with E-state index in [1.165, 1.54) is 7.11 Å². The van der Waals surface area contributed by atoms with Crippen LogP contribution in [-0.2, 0) is 14.4 Å². The third-order valence-electron chi connectivity index (χ3n) is 5.88. The first-order valence-corrected chi connectivity index (χ1v) is 10.1. The number of carboxylic acid groups (broad SMARTS) is 1. The zero-order valence-corrected chi connectivity index (χ0v) is 16.9. The number of allylic oxidation sites excluding steroid dienone is 4. The SMILES string of the molecule is COc1ccc(C2C3=C(CCCC3=O)N(CC(=O)[O-])C3=C2C(=O)CCC3)cc1Cl. The summed E-state index contributed by atoms with van der Waals surface area (Å²) < 4.78 is 5.23. The van der Waals surface area contributed by atoms with Gasteiger partial charge in [0.15, 0.2) is 11.6 Å². The number of benzene rings is 1. The van der Waals surface area contributed by atoms with Crippen LogP contribution in [0.25, 0.3) is 0 Å². The van der Waals surface area contributed by atoms with Crippen molar-refractivity contribution in [2.45, 2.75) is 44.4 Å². The van der Waals surface area contributed by atoms with E-state index in [1.807, 2.05) is 6.07 Å². The number of ketones is 2. The molecule has 0 fully saturated rings. The molecule has 1 aromatic rings. The second-order valence-corrected chi connectivity index (χ2v) is 7.97. The van der Waals surface area contributed by atoms with Gasteiger partial charge in [-0.25, -0.2) is 0 Å².